The molecule has 112 valence electrons. The van der Waals surface area contributed by atoms with E-state index in [0.29, 0.717) is 22.8 Å². The Bertz CT molecular complexity index is 685. The molecule has 0 aliphatic carbocycles. The highest BCUT2D eigenvalue weighted by atomic mass is 35.5. The molecule has 0 amide bonds. The molecule has 0 heterocycles. The Balaban J connectivity index is 1.97. The van der Waals surface area contributed by atoms with Crippen LogP contribution in [0.25, 0.3) is 6.08 Å². The number of hydrogen-bond donors (Lipinski definition) is 0. The Hall–Kier alpha value is -2.39. The molecule has 2 aromatic carbocycles. The Kier molecular flexibility index (Phi) is 5.50. The van der Waals surface area contributed by atoms with Crippen molar-refractivity contribution in [2.24, 2.45) is 0 Å². The van der Waals surface area contributed by atoms with Gasteiger partial charge in [-0.1, -0.05) is 30.7 Å². The van der Waals surface area contributed by atoms with Crippen LogP contribution in [0.15, 0.2) is 54.6 Å². The van der Waals surface area contributed by atoms with Crippen molar-refractivity contribution < 1.29 is 14.3 Å². The van der Waals surface area contributed by atoms with Crippen molar-refractivity contribution in [1.29, 1.82) is 0 Å². The number of esters is 1. The highest BCUT2D eigenvalue weighted by molar-refractivity contribution is 6.30. The molecule has 0 aliphatic rings. The summed E-state index contributed by atoms with van der Waals surface area (Å²) in [4.78, 5) is 23.2. The first kappa shape index (κ1) is 16.0. The Morgan fingerprint density at radius 2 is 1.68 bits per heavy atom. The number of benzene rings is 2. The summed E-state index contributed by atoms with van der Waals surface area (Å²) in [5.41, 5.74) is 1.46. The van der Waals surface area contributed by atoms with Crippen LogP contribution in [0, 0.1) is 0 Å². The summed E-state index contributed by atoms with van der Waals surface area (Å²) in [6, 6.07) is 13.6. The van der Waals surface area contributed by atoms with Gasteiger partial charge in [0.1, 0.15) is 5.75 Å². The highest BCUT2D eigenvalue weighted by Gasteiger charge is 2.04. The number of hydrogen-bond acceptors (Lipinski definition) is 3. The van der Waals surface area contributed by atoms with Crippen LogP contribution in [0.2, 0.25) is 5.02 Å². The van der Waals surface area contributed by atoms with Gasteiger partial charge < -0.3 is 4.74 Å². The van der Waals surface area contributed by atoms with Gasteiger partial charge in [-0.3, -0.25) is 4.79 Å². The number of ketones is 1. The second kappa shape index (κ2) is 7.57. The lowest BCUT2D eigenvalue weighted by Gasteiger charge is -2.02. The molecule has 0 aliphatic heterocycles. The van der Waals surface area contributed by atoms with E-state index in [2.05, 4.69) is 0 Å². The number of Topliss-reactive ketones (excluding diaryl/α,β-unsaturated/α-hetero) is 1. The first-order chi connectivity index (χ1) is 10.6. The predicted octanol–water partition coefficient (Wildman–Crippen LogP) is 4.55. The quantitative estimate of drug-likeness (QED) is 0.352. The first-order valence-corrected chi connectivity index (χ1v) is 7.25. The molecule has 0 saturated carbocycles. The van der Waals surface area contributed by atoms with E-state index in [1.807, 2.05) is 0 Å². The second-order valence-electron chi connectivity index (χ2n) is 4.61. The molecule has 0 spiro atoms. The second-order valence-corrected chi connectivity index (χ2v) is 5.04. The number of halogens is 1. The molecule has 0 N–H and O–H groups in total. The minimum absolute atomic E-state index is 0.0560. The van der Waals surface area contributed by atoms with Crippen molar-refractivity contribution in [3.63, 3.8) is 0 Å². The predicted molar refractivity (Wildman–Crippen MR) is 87.2 cm³/mol. The van der Waals surface area contributed by atoms with E-state index in [-0.39, 0.29) is 5.78 Å². The van der Waals surface area contributed by atoms with Gasteiger partial charge in [0.15, 0.2) is 5.78 Å². The molecular formula is C18H15ClO3. The normalized spacial score (nSPS) is 10.6. The Labute approximate surface area is 134 Å². The SMILES string of the molecule is CCC(=O)c1ccc(OC(=O)/C=C/c2ccc(Cl)cc2)cc1. The zero-order valence-corrected chi connectivity index (χ0v) is 12.8. The van der Waals surface area contributed by atoms with Crippen molar-refractivity contribution >= 4 is 29.4 Å². The third kappa shape index (κ3) is 4.57. The van der Waals surface area contributed by atoms with Crippen LogP contribution in [0.1, 0.15) is 29.3 Å². The Morgan fingerprint density at radius 1 is 1.05 bits per heavy atom. The van der Waals surface area contributed by atoms with E-state index < -0.39 is 5.97 Å². The number of ether oxygens (including phenoxy) is 1. The zero-order chi connectivity index (χ0) is 15.9. The third-order valence-electron chi connectivity index (χ3n) is 3.00. The number of rotatable bonds is 5. The van der Waals surface area contributed by atoms with Gasteiger partial charge in [0.25, 0.3) is 0 Å². The summed E-state index contributed by atoms with van der Waals surface area (Å²) in [6.07, 6.45) is 3.44. The molecule has 2 rings (SSSR count). The molecule has 0 aromatic heterocycles. The average molecular weight is 315 g/mol. The van der Waals surface area contributed by atoms with Crippen molar-refractivity contribution in [2.45, 2.75) is 13.3 Å². The first-order valence-electron chi connectivity index (χ1n) is 6.87. The van der Waals surface area contributed by atoms with Crippen molar-refractivity contribution in [1.82, 2.24) is 0 Å². The van der Waals surface area contributed by atoms with E-state index in [4.69, 9.17) is 16.3 Å². The van der Waals surface area contributed by atoms with E-state index in [0.717, 1.165) is 5.56 Å². The van der Waals surface area contributed by atoms with Crippen LogP contribution in [0.4, 0.5) is 0 Å². The number of carbonyl (C=O) groups excluding carboxylic acids is 2. The fraction of sp³-hybridized carbons (Fsp3) is 0.111. The standard InChI is InChI=1S/C18H15ClO3/c1-2-17(20)14-6-10-16(11-7-14)22-18(21)12-5-13-3-8-15(19)9-4-13/h3-12H,2H2,1H3/b12-5+. The summed E-state index contributed by atoms with van der Waals surface area (Å²) in [5.74, 6) is -0.0246. The van der Waals surface area contributed by atoms with Gasteiger partial charge >= 0.3 is 5.97 Å². The van der Waals surface area contributed by atoms with Crippen molar-refractivity contribution in [3.05, 3.63) is 70.8 Å². The van der Waals surface area contributed by atoms with Crippen LogP contribution in [-0.4, -0.2) is 11.8 Å². The van der Waals surface area contributed by atoms with Crippen LogP contribution in [-0.2, 0) is 4.79 Å². The van der Waals surface area contributed by atoms with Gasteiger partial charge in [0, 0.05) is 23.1 Å². The Morgan fingerprint density at radius 3 is 2.27 bits per heavy atom. The molecule has 2 aromatic rings. The van der Waals surface area contributed by atoms with E-state index in [9.17, 15) is 9.59 Å². The minimum atomic E-state index is -0.482. The maximum Gasteiger partial charge on any atom is 0.336 e. The van der Waals surface area contributed by atoms with Crippen LogP contribution < -0.4 is 4.74 Å². The monoisotopic (exact) mass is 314 g/mol. The number of carbonyl (C=O) groups is 2. The molecule has 4 heteroatoms. The minimum Gasteiger partial charge on any atom is -0.423 e. The van der Waals surface area contributed by atoms with Crippen molar-refractivity contribution in [2.75, 3.05) is 0 Å². The topological polar surface area (TPSA) is 43.4 Å². The molecule has 0 radical (unpaired) electrons. The maximum atomic E-state index is 11.7. The van der Waals surface area contributed by atoms with Gasteiger partial charge in [-0.15, -0.1) is 0 Å². The summed E-state index contributed by atoms with van der Waals surface area (Å²) in [7, 11) is 0. The van der Waals surface area contributed by atoms with E-state index in [1.54, 1.807) is 61.5 Å². The van der Waals surface area contributed by atoms with Gasteiger partial charge in [-0.2, -0.15) is 0 Å². The van der Waals surface area contributed by atoms with Gasteiger partial charge in [0.2, 0.25) is 0 Å². The van der Waals surface area contributed by atoms with Gasteiger partial charge in [-0.05, 0) is 48.0 Å². The smallest absolute Gasteiger partial charge is 0.336 e. The third-order valence-corrected chi connectivity index (χ3v) is 3.25. The zero-order valence-electron chi connectivity index (χ0n) is 12.1. The fourth-order valence-electron chi connectivity index (χ4n) is 1.80. The lowest BCUT2D eigenvalue weighted by atomic mass is 10.1. The largest absolute Gasteiger partial charge is 0.423 e. The summed E-state index contributed by atoms with van der Waals surface area (Å²) in [6.45, 7) is 1.80. The van der Waals surface area contributed by atoms with E-state index in [1.165, 1.54) is 6.08 Å². The molecule has 0 fully saturated rings. The maximum absolute atomic E-state index is 11.7. The van der Waals surface area contributed by atoms with Crippen molar-refractivity contribution in [3.8, 4) is 5.75 Å². The highest BCUT2D eigenvalue weighted by Crippen LogP contribution is 2.14. The molecule has 0 unspecified atom stereocenters. The van der Waals surface area contributed by atoms with Crippen LogP contribution in [0.5, 0.6) is 5.75 Å². The molecule has 0 saturated heterocycles. The molecule has 0 atom stereocenters. The summed E-state index contributed by atoms with van der Waals surface area (Å²) >= 11 is 5.79. The summed E-state index contributed by atoms with van der Waals surface area (Å²) in [5, 5.41) is 0.640. The molecular weight excluding hydrogens is 300 g/mol. The average Bonchev–Trinajstić information content (AvgIpc) is 2.54. The molecule has 0 bridgehead atoms. The lowest BCUT2D eigenvalue weighted by Crippen LogP contribution is -2.04. The lowest BCUT2D eigenvalue weighted by molar-refractivity contribution is -0.128. The summed E-state index contributed by atoms with van der Waals surface area (Å²) < 4.78 is 5.17. The molecule has 3 nitrogen and oxygen atoms in total. The molecule has 22 heavy (non-hydrogen) atoms. The van der Waals surface area contributed by atoms with Gasteiger partial charge in [0.05, 0.1) is 0 Å². The fourth-order valence-corrected chi connectivity index (χ4v) is 1.93. The van der Waals surface area contributed by atoms with E-state index >= 15 is 0 Å². The van der Waals surface area contributed by atoms with Crippen LogP contribution >= 0.6 is 11.6 Å². The van der Waals surface area contributed by atoms with Gasteiger partial charge in [-0.25, -0.2) is 4.79 Å². The van der Waals surface area contributed by atoms with Crippen LogP contribution in [0.3, 0.4) is 0 Å².